The first-order valence-electron chi connectivity index (χ1n) is 8.12. The molecule has 0 aromatic rings. The molecule has 2 unspecified atom stereocenters. The first kappa shape index (κ1) is 19.1. The zero-order chi connectivity index (χ0) is 15.7. The minimum absolute atomic E-state index is 0.0924. The molecule has 1 heteroatoms. The predicted octanol–water partition coefficient (Wildman–Crippen LogP) is 5.81. The molecule has 0 saturated heterocycles. The molecule has 0 aromatic carbocycles. The fraction of sp³-hybridized carbons (Fsp3) is 0.737. The highest BCUT2D eigenvalue weighted by molar-refractivity contribution is 5.92. The SMILES string of the molecule is CC(C=CCC(C)CCC(C)C(C)C)=CC(=O)C(C)C. The molecule has 0 rings (SSSR count). The smallest absolute Gasteiger partial charge is 0.158 e. The molecule has 0 heterocycles. The van der Waals surface area contributed by atoms with E-state index in [1.165, 1.54) is 12.8 Å². The number of hydrogen-bond acceptors (Lipinski definition) is 1. The zero-order valence-corrected chi connectivity index (χ0v) is 14.6. The fourth-order valence-corrected chi connectivity index (χ4v) is 1.92. The van der Waals surface area contributed by atoms with Gasteiger partial charge in [-0.15, -0.1) is 0 Å². The van der Waals surface area contributed by atoms with Crippen LogP contribution in [0.25, 0.3) is 0 Å². The van der Waals surface area contributed by atoms with Gasteiger partial charge in [-0.25, -0.2) is 0 Å². The molecule has 1 nitrogen and oxygen atoms in total. The summed E-state index contributed by atoms with van der Waals surface area (Å²) < 4.78 is 0. The molecule has 0 N–H and O–H groups in total. The van der Waals surface area contributed by atoms with Crippen molar-refractivity contribution in [1.29, 1.82) is 0 Å². The van der Waals surface area contributed by atoms with Crippen LogP contribution in [-0.2, 0) is 4.79 Å². The minimum atomic E-state index is 0.0924. The van der Waals surface area contributed by atoms with Gasteiger partial charge >= 0.3 is 0 Å². The predicted molar refractivity (Wildman–Crippen MR) is 89.8 cm³/mol. The van der Waals surface area contributed by atoms with Crippen molar-refractivity contribution in [2.75, 3.05) is 0 Å². The third-order valence-electron chi connectivity index (χ3n) is 4.11. The van der Waals surface area contributed by atoms with Crippen molar-refractivity contribution in [3.63, 3.8) is 0 Å². The molecule has 0 amide bonds. The summed E-state index contributed by atoms with van der Waals surface area (Å²) in [5, 5.41) is 0. The van der Waals surface area contributed by atoms with Gasteiger partial charge in [-0.1, -0.05) is 66.5 Å². The van der Waals surface area contributed by atoms with Crippen LogP contribution in [0, 0.1) is 23.7 Å². The highest BCUT2D eigenvalue weighted by Gasteiger charge is 2.09. The Bertz CT molecular complexity index is 334. The quantitative estimate of drug-likeness (QED) is 0.384. The van der Waals surface area contributed by atoms with Crippen LogP contribution in [0.3, 0.4) is 0 Å². The lowest BCUT2D eigenvalue weighted by molar-refractivity contribution is -0.117. The molecule has 0 spiro atoms. The largest absolute Gasteiger partial charge is 0.295 e. The van der Waals surface area contributed by atoms with Crippen LogP contribution in [0.5, 0.6) is 0 Å². The first-order chi connectivity index (χ1) is 9.23. The van der Waals surface area contributed by atoms with Crippen molar-refractivity contribution in [3.8, 4) is 0 Å². The lowest BCUT2D eigenvalue weighted by atomic mass is 9.89. The van der Waals surface area contributed by atoms with Gasteiger partial charge in [-0.3, -0.25) is 4.79 Å². The second-order valence-corrected chi connectivity index (χ2v) is 6.99. The van der Waals surface area contributed by atoms with Crippen molar-refractivity contribution in [2.45, 2.75) is 67.7 Å². The van der Waals surface area contributed by atoms with Crippen molar-refractivity contribution in [2.24, 2.45) is 23.7 Å². The number of hydrogen-bond donors (Lipinski definition) is 0. The number of carbonyl (C=O) groups is 1. The maximum atomic E-state index is 11.6. The molecule has 0 aromatic heterocycles. The van der Waals surface area contributed by atoms with Crippen LogP contribution < -0.4 is 0 Å². The Morgan fingerprint density at radius 3 is 2.10 bits per heavy atom. The highest BCUT2D eigenvalue weighted by Crippen LogP contribution is 2.21. The van der Waals surface area contributed by atoms with E-state index in [1.807, 2.05) is 20.8 Å². The molecule has 0 aliphatic rings. The van der Waals surface area contributed by atoms with Crippen LogP contribution >= 0.6 is 0 Å². The van der Waals surface area contributed by atoms with E-state index in [9.17, 15) is 4.79 Å². The number of allylic oxidation sites excluding steroid dienone is 4. The van der Waals surface area contributed by atoms with Crippen molar-refractivity contribution in [3.05, 3.63) is 23.8 Å². The number of ketones is 1. The molecule has 0 aliphatic heterocycles. The van der Waals surface area contributed by atoms with Crippen LogP contribution in [0.4, 0.5) is 0 Å². The van der Waals surface area contributed by atoms with E-state index in [0.29, 0.717) is 0 Å². The second kappa shape index (κ2) is 9.96. The normalized spacial score (nSPS) is 16.1. The highest BCUT2D eigenvalue weighted by atomic mass is 16.1. The summed E-state index contributed by atoms with van der Waals surface area (Å²) in [5.74, 6) is 2.62. The topological polar surface area (TPSA) is 17.1 Å². The van der Waals surface area contributed by atoms with Gasteiger partial charge in [0.05, 0.1) is 0 Å². The molecule has 0 bridgehead atoms. The standard InChI is InChI=1S/C19H34O/c1-14(2)18(7)12-11-16(5)9-8-10-17(6)13-19(20)15(3)4/h8,10,13-16,18H,9,11-12H2,1-7H3. The molecule has 2 atom stereocenters. The Morgan fingerprint density at radius 2 is 1.60 bits per heavy atom. The molecule has 0 fully saturated rings. The fourth-order valence-electron chi connectivity index (χ4n) is 1.92. The van der Waals surface area contributed by atoms with E-state index in [-0.39, 0.29) is 11.7 Å². The minimum Gasteiger partial charge on any atom is -0.295 e. The molecular formula is C19H34O. The Hall–Kier alpha value is -0.850. The number of carbonyl (C=O) groups excluding carboxylic acids is 1. The molecule has 116 valence electrons. The monoisotopic (exact) mass is 278 g/mol. The summed E-state index contributed by atoms with van der Waals surface area (Å²) in [6.45, 7) is 15.1. The first-order valence-corrected chi connectivity index (χ1v) is 8.12. The van der Waals surface area contributed by atoms with Gasteiger partial charge < -0.3 is 0 Å². The Morgan fingerprint density at radius 1 is 1.00 bits per heavy atom. The Kier molecular flexibility index (Phi) is 9.54. The van der Waals surface area contributed by atoms with Crippen LogP contribution in [-0.4, -0.2) is 5.78 Å². The van der Waals surface area contributed by atoms with Gasteiger partial charge in [0.15, 0.2) is 5.78 Å². The van der Waals surface area contributed by atoms with Crippen molar-refractivity contribution in [1.82, 2.24) is 0 Å². The van der Waals surface area contributed by atoms with Gasteiger partial charge in [0.2, 0.25) is 0 Å². The van der Waals surface area contributed by atoms with Gasteiger partial charge in [0.25, 0.3) is 0 Å². The summed E-state index contributed by atoms with van der Waals surface area (Å²) >= 11 is 0. The Balaban J connectivity index is 4.08. The molecular weight excluding hydrogens is 244 g/mol. The van der Waals surface area contributed by atoms with Gasteiger partial charge in [0, 0.05) is 5.92 Å². The molecule has 0 radical (unpaired) electrons. The third kappa shape index (κ3) is 9.12. The third-order valence-corrected chi connectivity index (χ3v) is 4.11. The number of rotatable bonds is 9. The van der Waals surface area contributed by atoms with Crippen LogP contribution in [0.2, 0.25) is 0 Å². The average molecular weight is 278 g/mol. The summed E-state index contributed by atoms with van der Waals surface area (Å²) in [4.78, 5) is 11.6. The molecule has 20 heavy (non-hydrogen) atoms. The Labute approximate surface area is 126 Å². The summed E-state index contributed by atoms with van der Waals surface area (Å²) in [7, 11) is 0. The second-order valence-electron chi connectivity index (χ2n) is 6.99. The van der Waals surface area contributed by atoms with E-state index in [1.54, 1.807) is 6.08 Å². The van der Waals surface area contributed by atoms with Gasteiger partial charge in [-0.2, -0.15) is 0 Å². The summed E-state index contributed by atoms with van der Waals surface area (Å²) in [5.41, 5.74) is 1.06. The maximum Gasteiger partial charge on any atom is 0.158 e. The van der Waals surface area contributed by atoms with Gasteiger partial charge in [-0.05, 0) is 42.7 Å². The average Bonchev–Trinajstić information content (AvgIpc) is 2.35. The molecule has 0 saturated carbocycles. The van der Waals surface area contributed by atoms with E-state index in [0.717, 1.165) is 29.7 Å². The lowest BCUT2D eigenvalue weighted by Gasteiger charge is -2.17. The van der Waals surface area contributed by atoms with E-state index in [2.05, 4.69) is 39.8 Å². The van der Waals surface area contributed by atoms with E-state index < -0.39 is 0 Å². The van der Waals surface area contributed by atoms with Gasteiger partial charge in [0.1, 0.15) is 0 Å². The summed E-state index contributed by atoms with van der Waals surface area (Å²) in [6, 6.07) is 0. The van der Waals surface area contributed by atoms with Crippen LogP contribution in [0.15, 0.2) is 23.8 Å². The van der Waals surface area contributed by atoms with E-state index >= 15 is 0 Å². The van der Waals surface area contributed by atoms with Crippen molar-refractivity contribution < 1.29 is 4.79 Å². The van der Waals surface area contributed by atoms with Crippen molar-refractivity contribution >= 4 is 5.78 Å². The molecule has 0 aliphatic carbocycles. The maximum absolute atomic E-state index is 11.6. The van der Waals surface area contributed by atoms with Crippen LogP contribution in [0.1, 0.15) is 67.7 Å². The lowest BCUT2D eigenvalue weighted by Crippen LogP contribution is -2.06. The van der Waals surface area contributed by atoms with E-state index in [4.69, 9.17) is 0 Å². The zero-order valence-electron chi connectivity index (χ0n) is 14.6. The summed E-state index contributed by atoms with van der Waals surface area (Å²) in [6.07, 6.45) is 9.76.